The quantitative estimate of drug-likeness (QED) is 0.610. The number of pyridine rings is 1. The van der Waals surface area contributed by atoms with Crippen molar-refractivity contribution >= 4 is 11.8 Å². The van der Waals surface area contributed by atoms with Gasteiger partial charge in [-0.25, -0.2) is 0 Å². The van der Waals surface area contributed by atoms with E-state index in [1.54, 1.807) is 31.4 Å². The molecule has 4 rings (SSSR count). The molecule has 5 nitrogen and oxygen atoms in total. The van der Waals surface area contributed by atoms with E-state index >= 15 is 0 Å². The molecule has 1 atom stereocenters. The molecule has 2 heterocycles. The Morgan fingerprint density at radius 1 is 0.938 bits per heavy atom. The fourth-order valence-corrected chi connectivity index (χ4v) is 4.69. The van der Waals surface area contributed by atoms with Crippen molar-refractivity contribution in [2.45, 2.75) is 19.3 Å². The van der Waals surface area contributed by atoms with Gasteiger partial charge < -0.3 is 9.80 Å². The summed E-state index contributed by atoms with van der Waals surface area (Å²) in [5, 5.41) is 0. The van der Waals surface area contributed by atoms with E-state index in [0.717, 1.165) is 29.5 Å². The highest BCUT2D eigenvalue weighted by molar-refractivity contribution is 5.95. The lowest BCUT2D eigenvalue weighted by molar-refractivity contribution is -0.142. The van der Waals surface area contributed by atoms with Gasteiger partial charge in [0.25, 0.3) is 5.91 Å². The van der Waals surface area contributed by atoms with E-state index in [-0.39, 0.29) is 11.8 Å². The Kier molecular flexibility index (Phi) is 6.35. The van der Waals surface area contributed by atoms with Crippen LogP contribution in [0.2, 0.25) is 0 Å². The van der Waals surface area contributed by atoms with Crippen LogP contribution >= 0.6 is 0 Å². The second-order valence-electron chi connectivity index (χ2n) is 8.79. The van der Waals surface area contributed by atoms with E-state index in [0.29, 0.717) is 25.1 Å². The summed E-state index contributed by atoms with van der Waals surface area (Å²) in [6.07, 6.45) is 5.77. The van der Waals surface area contributed by atoms with Crippen molar-refractivity contribution in [2.24, 2.45) is 5.41 Å². The van der Waals surface area contributed by atoms with Gasteiger partial charge in [0.15, 0.2) is 0 Å². The number of carbonyl (C=O) groups is 2. The molecule has 0 saturated carbocycles. The summed E-state index contributed by atoms with van der Waals surface area (Å²) in [6, 6.07) is 21.7. The molecule has 0 spiro atoms. The Hall–Kier alpha value is -3.47. The average Bonchev–Trinajstić information content (AvgIpc) is 2.84. The molecule has 0 aliphatic carbocycles. The molecule has 1 aliphatic heterocycles. The highest BCUT2D eigenvalue weighted by Crippen LogP contribution is 2.36. The molecular formula is C27H29N3O2. The number of piperidine rings is 1. The topological polar surface area (TPSA) is 53.5 Å². The third-order valence-corrected chi connectivity index (χ3v) is 6.25. The van der Waals surface area contributed by atoms with E-state index in [1.807, 2.05) is 47.4 Å². The Morgan fingerprint density at radius 2 is 1.59 bits per heavy atom. The van der Waals surface area contributed by atoms with Crippen LogP contribution < -0.4 is 0 Å². The Morgan fingerprint density at radius 3 is 2.25 bits per heavy atom. The van der Waals surface area contributed by atoms with Crippen molar-refractivity contribution in [1.82, 2.24) is 14.8 Å². The van der Waals surface area contributed by atoms with Gasteiger partial charge in [0, 0.05) is 45.1 Å². The van der Waals surface area contributed by atoms with Gasteiger partial charge in [-0.05, 0) is 60.2 Å². The monoisotopic (exact) mass is 427 g/mol. The molecule has 1 aliphatic rings. The van der Waals surface area contributed by atoms with Gasteiger partial charge in [-0.2, -0.15) is 0 Å². The number of rotatable bonds is 5. The molecule has 0 bridgehead atoms. The zero-order valence-corrected chi connectivity index (χ0v) is 18.7. The summed E-state index contributed by atoms with van der Waals surface area (Å²) in [5.74, 6) is 0.0792. The van der Waals surface area contributed by atoms with E-state index in [1.165, 1.54) is 0 Å². The Labute approximate surface area is 189 Å². The normalized spacial score (nSPS) is 18.2. The fourth-order valence-electron chi connectivity index (χ4n) is 4.69. The fraction of sp³-hybridized carbons (Fsp3) is 0.296. The maximum Gasteiger partial charge on any atom is 0.253 e. The molecule has 164 valence electrons. The van der Waals surface area contributed by atoms with Crippen LogP contribution in [0.25, 0.3) is 11.1 Å². The lowest BCUT2D eigenvalue weighted by Gasteiger charge is -2.43. The number of amides is 2. The number of hydrogen-bond acceptors (Lipinski definition) is 3. The summed E-state index contributed by atoms with van der Waals surface area (Å²) in [7, 11) is 3.60. The third kappa shape index (κ3) is 4.57. The van der Waals surface area contributed by atoms with E-state index < -0.39 is 5.41 Å². The number of carbonyl (C=O) groups excluding carboxylic acids is 2. The summed E-state index contributed by atoms with van der Waals surface area (Å²) in [5.41, 5.74) is 3.38. The van der Waals surface area contributed by atoms with Crippen LogP contribution in [0.15, 0.2) is 79.1 Å². The van der Waals surface area contributed by atoms with E-state index in [9.17, 15) is 9.59 Å². The number of benzene rings is 2. The maximum absolute atomic E-state index is 13.4. The molecule has 0 unspecified atom stereocenters. The molecule has 0 N–H and O–H groups in total. The minimum absolute atomic E-state index is 0.00531. The Bertz CT molecular complexity index is 1070. The standard InChI is InChI=1S/C27H29N3O2/c1-29(2)26(32)27(15-6-18-30(20-27)25(31)24-7-4-3-5-8-24)19-21-9-11-22(12-10-21)23-13-16-28-17-14-23/h3-5,7-14,16-17H,6,15,18-20H2,1-2H3/t27-/m1/s1. The molecule has 2 amide bonds. The molecule has 32 heavy (non-hydrogen) atoms. The molecule has 3 aromatic rings. The summed E-state index contributed by atoms with van der Waals surface area (Å²) < 4.78 is 0. The van der Waals surface area contributed by atoms with E-state index in [2.05, 4.69) is 29.2 Å². The maximum atomic E-state index is 13.4. The first-order chi connectivity index (χ1) is 15.5. The molecule has 1 aromatic heterocycles. The summed E-state index contributed by atoms with van der Waals surface area (Å²) in [6.45, 7) is 1.11. The largest absolute Gasteiger partial charge is 0.348 e. The van der Waals surface area contributed by atoms with Gasteiger partial charge in [0.1, 0.15) is 0 Å². The second-order valence-corrected chi connectivity index (χ2v) is 8.79. The smallest absolute Gasteiger partial charge is 0.253 e. The van der Waals surface area contributed by atoms with Crippen LogP contribution in [0.5, 0.6) is 0 Å². The van der Waals surface area contributed by atoms with Gasteiger partial charge in [-0.3, -0.25) is 14.6 Å². The highest BCUT2D eigenvalue weighted by Gasteiger charge is 2.44. The molecule has 1 fully saturated rings. The van der Waals surface area contributed by atoms with Gasteiger partial charge in [0.2, 0.25) is 5.91 Å². The number of hydrogen-bond donors (Lipinski definition) is 0. The van der Waals surface area contributed by atoms with Crippen LogP contribution in [-0.4, -0.2) is 53.8 Å². The zero-order chi connectivity index (χ0) is 22.6. The highest BCUT2D eigenvalue weighted by atomic mass is 16.2. The summed E-state index contributed by atoms with van der Waals surface area (Å²) in [4.78, 5) is 34.1. The molecule has 5 heteroatoms. The van der Waals surface area contributed by atoms with Gasteiger partial charge >= 0.3 is 0 Å². The minimum atomic E-state index is -0.621. The van der Waals surface area contributed by atoms with Gasteiger partial charge in [-0.1, -0.05) is 42.5 Å². The minimum Gasteiger partial charge on any atom is -0.348 e. The zero-order valence-electron chi connectivity index (χ0n) is 18.7. The van der Waals surface area contributed by atoms with Crippen molar-refractivity contribution < 1.29 is 9.59 Å². The SMILES string of the molecule is CN(C)C(=O)[C@@]1(Cc2ccc(-c3ccncc3)cc2)CCCN(C(=O)c2ccccc2)C1. The second kappa shape index (κ2) is 9.35. The molecular weight excluding hydrogens is 398 g/mol. The first kappa shape index (κ1) is 21.8. The molecule has 0 radical (unpaired) electrons. The predicted molar refractivity (Wildman–Crippen MR) is 126 cm³/mol. The molecule has 1 saturated heterocycles. The van der Waals surface area contributed by atoms with Crippen LogP contribution in [0.3, 0.4) is 0 Å². The van der Waals surface area contributed by atoms with Crippen molar-refractivity contribution in [2.75, 3.05) is 27.2 Å². The lowest BCUT2D eigenvalue weighted by Crippen LogP contribution is -2.54. The van der Waals surface area contributed by atoms with Crippen molar-refractivity contribution in [3.8, 4) is 11.1 Å². The molecule has 2 aromatic carbocycles. The van der Waals surface area contributed by atoms with Crippen LogP contribution in [0, 0.1) is 5.41 Å². The van der Waals surface area contributed by atoms with Crippen molar-refractivity contribution in [1.29, 1.82) is 0 Å². The van der Waals surface area contributed by atoms with E-state index in [4.69, 9.17) is 0 Å². The third-order valence-electron chi connectivity index (χ3n) is 6.25. The van der Waals surface area contributed by atoms with Crippen LogP contribution in [0.1, 0.15) is 28.8 Å². The van der Waals surface area contributed by atoms with Crippen molar-refractivity contribution in [3.05, 3.63) is 90.3 Å². The average molecular weight is 428 g/mol. The lowest BCUT2D eigenvalue weighted by atomic mass is 9.73. The van der Waals surface area contributed by atoms with Crippen LogP contribution in [0.4, 0.5) is 0 Å². The number of nitrogens with zero attached hydrogens (tertiary/aromatic N) is 3. The first-order valence-electron chi connectivity index (χ1n) is 11.0. The first-order valence-corrected chi connectivity index (χ1v) is 11.0. The van der Waals surface area contributed by atoms with Crippen LogP contribution in [-0.2, 0) is 11.2 Å². The van der Waals surface area contributed by atoms with Crippen molar-refractivity contribution in [3.63, 3.8) is 0 Å². The number of aromatic nitrogens is 1. The number of likely N-dealkylation sites (tertiary alicyclic amines) is 1. The van der Waals surface area contributed by atoms with Gasteiger partial charge in [0.05, 0.1) is 5.41 Å². The Balaban J connectivity index is 1.59. The predicted octanol–water partition coefficient (Wildman–Crippen LogP) is 4.30. The summed E-state index contributed by atoms with van der Waals surface area (Å²) >= 11 is 0. The van der Waals surface area contributed by atoms with Gasteiger partial charge in [-0.15, -0.1) is 0 Å².